The van der Waals surface area contributed by atoms with E-state index in [0.717, 1.165) is 4.90 Å². The topological polar surface area (TPSA) is 87.2 Å². The maximum Gasteiger partial charge on any atom is 0.287 e. The Hall–Kier alpha value is -1.58. The van der Waals surface area contributed by atoms with Crippen LogP contribution in [0.3, 0.4) is 0 Å². The van der Waals surface area contributed by atoms with Gasteiger partial charge < -0.3 is 5.11 Å². The van der Waals surface area contributed by atoms with Crippen molar-refractivity contribution in [3.63, 3.8) is 0 Å². The molecule has 1 atom stereocenters. The number of nitro groups is 1. The summed E-state index contributed by atoms with van der Waals surface area (Å²) in [6.07, 6.45) is 0. The van der Waals surface area contributed by atoms with E-state index < -0.39 is 4.92 Å². The van der Waals surface area contributed by atoms with E-state index in [1.54, 1.807) is 12.1 Å². The molecule has 0 radical (unpaired) electrons. The number of rotatable bonds is 4. The van der Waals surface area contributed by atoms with E-state index in [-0.39, 0.29) is 23.1 Å². The smallest absolute Gasteiger partial charge is 0.287 e. The molecule has 0 aliphatic rings. The average Bonchev–Trinajstić information content (AvgIpc) is 2.28. The van der Waals surface area contributed by atoms with Crippen molar-refractivity contribution >= 4 is 17.4 Å². The number of hydrogen-bond acceptors (Lipinski definition) is 5. The van der Waals surface area contributed by atoms with Gasteiger partial charge in [0.05, 0.1) is 11.5 Å². The van der Waals surface area contributed by atoms with Gasteiger partial charge in [-0.05, 0) is 12.1 Å². The van der Waals surface area contributed by atoms with Crippen molar-refractivity contribution in [2.45, 2.75) is 17.1 Å². The van der Waals surface area contributed by atoms with E-state index in [0.29, 0.717) is 0 Å². The minimum Gasteiger partial charge on any atom is -0.395 e. The first kappa shape index (κ1) is 12.5. The van der Waals surface area contributed by atoms with E-state index in [2.05, 4.69) is 0 Å². The van der Waals surface area contributed by atoms with E-state index in [9.17, 15) is 10.1 Å². The number of nitrogens with zero attached hydrogens (tertiary/aromatic N) is 2. The Labute approximate surface area is 96.9 Å². The second-order valence-corrected chi connectivity index (χ2v) is 4.67. The number of thioether (sulfide) groups is 1. The molecule has 0 saturated carbocycles. The Balaban J connectivity index is 3.01. The summed E-state index contributed by atoms with van der Waals surface area (Å²) in [7, 11) is 0. The third-order valence-electron chi connectivity index (χ3n) is 1.88. The van der Waals surface area contributed by atoms with E-state index >= 15 is 0 Å². The molecule has 0 aliphatic carbocycles. The van der Waals surface area contributed by atoms with Crippen LogP contribution in [0.5, 0.6) is 0 Å². The summed E-state index contributed by atoms with van der Waals surface area (Å²) in [6.45, 7) is 1.85. The highest BCUT2D eigenvalue weighted by molar-refractivity contribution is 8.00. The van der Waals surface area contributed by atoms with Gasteiger partial charge >= 0.3 is 0 Å². The fourth-order valence-corrected chi connectivity index (χ4v) is 1.98. The highest BCUT2D eigenvalue weighted by atomic mass is 32.2. The summed E-state index contributed by atoms with van der Waals surface area (Å²) in [5, 5.41) is 28.2. The lowest BCUT2D eigenvalue weighted by atomic mass is 10.2. The zero-order valence-electron chi connectivity index (χ0n) is 8.58. The molecule has 0 heterocycles. The first-order valence-corrected chi connectivity index (χ1v) is 5.42. The number of hydrogen-bond donors (Lipinski definition) is 1. The molecule has 6 heteroatoms. The van der Waals surface area contributed by atoms with Gasteiger partial charge in [-0.25, -0.2) is 0 Å². The molecule has 0 fully saturated rings. The van der Waals surface area contributed by atoms with E-state index in [1.807, 2.05) is 6.92 Å². The zero-order valence-corrected chi connectivity index (χ0v) is 9.40. The molecule has 0 spiro atoms. The molecule has 1 aromatic rings. The molecule has 0 aliphatic heterocycles. The van der Waals surface area contributed by atoms with Crippen LogP contribution in [0.2, 0.25) is 0 Å². The Morgan fingerprint density at radius 1 is 1.69 bits per heavy atom. The van der Waals surface area contributed by atoms with Crippen LogP contribution in [-0.2, 0) is 0 Å². The predicted octanol–water partition coefficient (Wildman–Crippen LogP) is 1.94. The zero-order chi connectivity index (χ0) is 12.1. The molecule has 16 heavy (non-hydrogen) atoms. The summed E-state index contributed by atoms with van der Waals surface area (Å²) in [6, 6.07) is 6.15. The summed E-state index contributed by atoms with van der Waals surface area (Å²) in [4.78, 5) is 10.7. The molecule has 0 bridgehead atoms. The van der Waals surface area contributed by atoms with Crippen LogP contribution in [0.15, 0.2) is 23.1 Å². The van der Waals surface area contributed by atoms with E-state index in [4.69, 9.17) is 10.4 Å². The highest BCUT2D eigenvalue weighted by Crippen LogP contribution is 2.27. The summed E-state index contributed by atoms with van der Waals surface area (Å²) in [5.74, 6) is 0. The summed E-state index contributed by atoms with van der Waals surface area (Å²) < 4.78 is 0. The Kier molecular flexibility index (Phi) is 4.28. The molecule has 5 nitrogen and oxygen atoms in total. The van der Waals surface area contributed by atoms with Gasteiger partial charge in [-0.3, -0.25) is 10.1 Å². The third-order valence-corrected chi connectivity index (χ3v) is 2.96. The summed E-state index contributed by atoms with van der Waals surface area (Å²) in [5.41, 5.74) is -0.149. The van der Waals surface area contributed by atoms with Crippen molar-refractivity contribution in [1.29, 1.82) is 5.26 Å². The largest absolute Gasteiger partial charge is 0.395 e. The number of aliphatic hydroxyl groups excluding tert-OH is 1. The first-order valence-electron chi connectivity index (χ1n) is 4.54. The molecular formula is C10H10N2O3S. The van der Waals surface area contributed by atoms with Crippen molar-refractivity contribution in [2.75, 3.05) is 6.61 Å². The SMILES string of the molecule is CC(CO)Sc1ccc([N+](=O)[O-])c(C#N)c1. The molecule has 1 N–H and O–H groups in total. The van der Waals surface area contributed by atoms with Crippen molar-refractivity contribution in [3.05, 3.63) is 33.9 Å². The average molecular weight is 238 g/mol. The minimum absolute atomic E-state index is 0.00648. The lowest BCUT2D eigenvalue weighted by Crippen LogP contribution is -2.01. The van der Waals surface area contributed by atoms with Gasteiger partial charge in [-0.1, -0.05) is 6.92 Å². The fraction of sp³-hybridized carbons (Fsp3) is 0.300. The van der Waals surface area contributed by atoms with Crippen LogP contribution in [0.25, 0.3) is 0 Å². The third kappa shape index (κ3) is 2.95. The van der Waals surface area contributed by atoms with Crippen molar-refractivity contribution in [1.82, 2.24) is 0 Å². The van der Waals surface area contributed by atoms with Gasteiger partial charge in [-0.15, -0.1) is 11.8 Å². The standard InChI is InChI=1S/C10H10N2O3S/c1-7(6-13)16-9-2-3-10(12(14)15)8(4-9)5-11/h2-4,7,13H,6H2,1H3. The molecule has 1 unspecified atom stereocenters. The fourth-order valence-electron chi connectivity index (χ4n) is 1.11. The van der Waals surface area contributed by atoms with Gasteiger partial charge in [0.2, 0.25) is 0 Å². The van der Waals surface area contributed by atoms with Gasteiger partial charge in [0, 0.05) is 16.2 Å². The number of nitro benzene ring substituents is 1. The van der Waals surface area contributed by atoms with Gasteiger partial charge in [0.25, 0.3) is 5.69 Å². The Morgan fingerprint density at radius 3 is 2.88 bits per heavy atom. The predicted molar refractivity (Wildman–Crippen MR) is 60.2 cm³/mol. The molecule has 0 amide bonds. The maximum absolute atomic E-state index is 10.6. The maximum atomic E-state index is 10.6. The van der Waals surface area contributed by atoms with Crippen LogP contribution in [0.1, 0.15) is 12.5 Å². The van der Waals surface area contributed by atoms with Crippen LogP contribution >= 0.6 is 11.8 Å². The normalized spacial score (nSPS) is 11.8. The van der Waals surface area contributed by atoms with Crippen molar-refractivity contribution in [3.8, 4) is 6.07 Å². The van der Waals surface area contributed by atoms with Crippen molar-refractivity contribution < 1.29 is 10.0 Å². The molecule has 84 valence electrons. The van der Waals surface area contributed by atoms with Gasteiger partial charge in [0.15, 0.2) is 0 Å². The first-order chi connectivity index (χ1) is 7.58. The lowest BCUT2D eigenvalue weighted by molar-refractivity contribution is -0.385. The molecular weight excluding hydrogens is 228 g/mol. The molecule has 1 rings (SSSR count). The van der Waals surface area contributed by atoms with Crippen LogP contribution in [0.4, 0.5) is 5.69 Å². The Morgan fingerprint density at radius 2 is 2.38 bits per heavy atom. The number of benzene rings is 1. The van der Waals surface area contributed by atoms with Crippen LogP contribution < -0.4 is 0 Å². The van der Waals surface area contributed by atoms with Gasteiger partial charge in [0.1, 0.15) is 11.6 Å². The van der Waals surface area contributed by atoms with Crippen LogP contribution in [0, 0.1) is 21.4 Å². The summed E-state index contributed by atoms with van der Waals surface area (Å²) >= 11 is 1.37. The second kappa shape index (κ2) is 5.49. The number of nitriles is 1. The second-order valence-electron chi connectivity index (χ2n) is 3.16. The monoisotopic (exact) mass is 238 g/mol. The molecule has 0 saturated heterocycles. The Bertz CT molecular complexity index is 442. The quantitative estimate of drug-likeness (QED) is 0.492. The molecule has 1 aromatic carbocycles. The lowest BCUT2D eigenvalue weighted by Gasteiger charge is -2.07. The van der Waals surface area contributed by atoms with Gasteiger partial charge in [-0.2, -0.15) is 5.26 Å². The highest BCUT2D eigenvalue weighted by Gasteiger charge is 2.14. The number of aliphatic hydroxyl groups is 1. The minimum atomic E-state index is -0.581. The van der Waals surface area contributed by atoms with E-state index in [1.165, 1.54) is 23.9 Å². The van der Waals surface area contributed by atoms with Crippen LogP contribution in [-0.4, -0.2) is 21.9 Å². The van der Waals surface area contributed by atoms with Crippen molar-refractivity contribution in [2.24, 2.45) is 0 Å². The molecule has 0 aromatic heterocycles.